The molecule has 1 aliphatic heterocycles. The molecule has 0 bridgehead atoms. The van der Waals surface area contributed by atoms with Gasteiger partial charge in [-0.25, -0.2) is 8.42 Å². The number of anilines is 2. The van der Waals surface area contributed by atoms with Gasteiger partial charge in [0.15, 0.2) is 0 Å². The van der Waals surface area contributed by atoms with E-state index in [1.54, 1.807) is 19.1 Å². The minimum absolute atomic E-state index is 0.149. The van der Waals surface area contributed by atoms with Gasteiger partial charge in [0.1, 0.15) is 0 Å². The minimum Gasteiger partial charge on any atom is -0.396 e. The van der Waals surface area contributed by atoms with E-state index in [9.17, 15) is 13.2 Å². The zero-order valence-corrected chi connectivity index (χ0v) is 17.7. The Balaban J connectivity index is 1.89. The number of halogens is 2. The summed E-state index contributed by atoms with van der Waals surface area (Å²) >= 11 is 12.0. The predicted octanol–water partition coefficient (Wildman–Crippen LogP) is 4.31. The number of carbonyl (C=O) groups excluding carboxylic acids is 1. The lowest BCUT2D eigenvalue weighted by Crippen LogP contribution is -2.36. The largest absolute Gasteiger partial charge is 0.396 e. The van der Waals surface area contributed by atoms with E-state index in [1.807, 2.05) is 0 Å². The summed E-state index contributed by atoms with van der Waals surface area (Å²) in [4.78, 5) is 12.8. The second kappa shape index (κ2) is 8.29. The second-order valence-electron chi connectivity index (χ2n) is 6.75. The summed E-state index contributed by atoms with van der Waals surface area (Å²) in [6.07, 6.45) is 2.72. The van der Waals surface area contributed by atoms with Gasteiger partial charge in [0, 0.05) is 24.3 Å². The quantitative estimate of drug-likeness (QED) is 0.691. The van der Waals surface area contributed by atoms with Crippen molar-refractivity contribution in [2.45, 2.75) is 31.1 Å². The third kappa shape index (κ3) is 4.27. The monoisotopic (exact) mass is 441 g/mol. The number of aryl methyl sites for hydroxylation is 1. The zero-order valence-electron chi connectivity index (χ0n) is 15.3. The highest BCUT2D eigenvalue weighted by atomic mass is 35.5. The van der Waals surface area contributed by atoms with Crippen molar-refractivity contribution in [2.24, 2.45) is 0 Å². The van der Waals surface area contributed by atoms with Crippen molar-refractivity contribution in [3.63, 3.8) is 0 Å². The number of carbonyl (C=O) groups is 1. The molecule has 1 saturated heterocycles. The summed E-state index contributed by atoms with van der Waals surface area (Å²) in [5.74, 6) is -0.466. The Kier molecular flexibility index (Phi) is 6.19. The molecule has 3 N–H and O–H groups in total. The molecule has 9 heteroatoms. The molecule has 150 valence electrons. The Morgan fingerprint density at radius 2 is 1.68 bits per heavy atom. The molecule has 0 spiro atoms. The standard InChI is InChI=1S/C19H21Cl2N3O3S/c1-12-5-6-13(9-17(12)28(26,27)24-7-3-2-4-8-24)19(25)23-14-10-15(20)18(22)16(21)11-14/h5-6,9-11H,2-4,7-8,22H2,1H3,(H,23,25). The Morgan fingerprint density at radius 1 is 1.07 bits per heavy atom. The lowest BCUT2D eigenvalue weighted by Gasteiger charge is -2.26. The summed E-state index contributed by atoms with van der Waals surface area (Å²) in [5, 5.41) is 3.12. The van der Waals surface area contributed by atoms with E-state index in [0.29, 0.717) is 24.3 Å². The van der Waals surface area contributed by atoms with Gasteiger partial charge in [0.25, 0.3) is 5.91 Å². The number of nitrogens with two attached hydrogens (primary N) is 1. The van der Waals surface area contributed by atoms with Crippen molar-refractivity contribution >= 4 is 50.5 Å². The maximum atomic E-state index is 13.0. The molecule has 0 radical (unpaired) electrons. The van der Waals surface area contributed by atoms with E-state index in [0.717, 1.165) is 19.3 Å². The number of benzene rings is 2. The lowest BCUT2D eigenvalue weighted by molar-refractivity contribution is 0.102. The van der Waals surface area contributed by atoms with Gasteiger partial charge in [0.2, 0.25) is 10.0 Å². The molecule has 0 aliphatic carbocycles. The fourth-order valence-electron chi connectivity index (χ4n) is 3.12. The molecule has 6 nitrogen and oxygen atoms in total. The van der Waals surface area contributed by atoms with Gasteiger partial charge in [0.05, 0.1) is 20.6 Å². The molecule has 1 heterocycles. The highest BCUT2D eigenvalue weighted by Crippen LogP contribution is 2.31. The average molecular weight is 442 g/mol. The van der Waals surface area contributed by atoms with Gasteiger partial charge in [-0.2, -0.15) is 4.31 Å². The molecule has 2 aromatic carbocycles. The first kappa shape index (κ1) is 20.9. The summed E-state index contributed by atoms with van der Waals surface area (Å²) in [6.45, 7) is 2.72. The van der Waals surface area contributed by atoms with Crippen molar-refractivity contribution in [1.82, 2.24) is 4.31 Å². The predicted molar refractivity (Wildman–Crippen MR) is 113 cm³/mol. The van der Waals surface area contributed by atoms with Gasteiger partial charge in [-0.3, -0.25) is 4.79 Å². The first-order valence-corrected chi connectivity index (χ1v) is 11.1. The number of hydrogen-bond donors (Lipinski definition) is 2. The summed E-state index contributed by atoms with van der Waals surface area (Å²) in [5.41, 5.74) is 7.12. The molecular weight excluding hydrogens is 421 g/mol. The number of nitrogen functional groups attached to an aromatic ring is 1. The van der Waals surface area contributed by atoms with Crippen molar-refractivity contribution in [1.29, 1.82) is 0 Å². The van der Waals surface area contributed by atoms with Gasteiger partial charge in [-0.1, -0.05) is 35.7 Å². The minimum atomic E-state index is -3.65. The molecule has 2 aromatic rings. The normalized spacial score (nSPS) is 15.4. The number of amides is 1. The van der Waals surface area contributed by atoms with E-state index < -0.39 is 15.9 Å². The molecule has 0 aromatic heterocycles. The first-order valence-electron chi connectivity index (χ1n) is 8.87. The first-order chi connectivity index (χ1) is 13.2. The number of piperidine rings is 1. The van der Waals surface area contributed by atoms with E-state index in [1.165, 1.54) is 22.5 Å². The van der Waals surface area contributed by atoms with Crippen LogP contribution < -0.4 is 11.1 Å². The van der Waals surface area contributed by atoms with Crippen LogP contribution >= 0.6 is 23.2 Å². The maximum absolute atomic E-state index is 13.0. The molecule has 1 amide bonds. The zero-order chi connectivity index (χ0) is 20.5. The van der Waals surface area contributed by atoms with Crippen LogP contribution in [0.5, 0.6) is 0 Å². The number of nitrogens with one attached hydrogen (secondary N) is 1. The Hall–Kier alpha value is -1.80. The third-order valence-electron chi connectivity index (χ3n) is 4.72. The smallest absolute Gasteiger partial charge is 0.255 e. The van der Waals surface area contributed by atoms with Crippen molar-refractivity contribution < 1.29 is 13.2 Å². The summed E-state index contributed by atoms with van der Waals surface area (Å²) in [6, 6.07) is 7.60. The number of sulfonamides is 1. The Morgan fingerprint density at radius 3 is 2.29 bits per heavy atom. The topological polar surface area (TPSA) is 92.5 Å². The van der Waals surface area contributed by atoms with E-state index >= 15 is 0 Å². The van der Waals surface area contributed by atoms with Crippen LogP contribution in [-0.2, 0) is 10.0 Å². The molecule has 1 fully saturated rings. The third-order valence-corrected chi connectivity index (χ3v) is 7.39. The number of nitrogens with zero attached hydrogens (tertiary/aromatic N) is 1. The van der Waals surface area contributed by atoms with Crippen molar-refractivity contribution in [2.75, 3.05) is 24.1 Å². The van der Waals surface area contributed by atoms with Gasteiger partial charge in [-0.05, 0) is 49.6 Å². The van der Waals surface area contributed by atoms with Crippen LogP contribution in [0.4, 0.5) is 11.4 Å². The molecule has 1 aliphatic rings. The van der Waals surface area contributed by atoms with Crippen LogP contribution in [0.15, 0.2) is 35.2 Å². The lowest BCUT2D eigenvalue weighted by atomic mass is 10.1. The average Bonchev–Trinajstić information content (AvgIpc) is 2.67. The second-order valence-corrected chi connectivity index (χ2v) is 9.47. The maximum Gasteiger partial charge on any atom is 0.255 e. The highest BCUT2D eigenvalue weighted by molar-refractivity contribution is 7.89. The highest BCUT2D eigenvalue weighted by Gasteiger charge is 2.28. The summed E-state index contributed by atoms with van der Waals surface area (Å²) in [7, 11) is -3.65. The fraction of sp³-hybridized carbons (Fsp3) is 0.316. The van der Waals surface area contributed by atoms with Crippen LogP contribution in [-0.4, -0.2) is 31.7 Å². The van der Waals surface area contributed by atoms with E-state index in [-0.39, 0.29) is 26.2 Å². The molecule has 3 rings (SSSR count). The van der Waals surface area contributed by atoms with Crippen molar-refractivity contribution in [3.05, 3.63) is 51.5 Å². The molecule has 0 unspecified atom stereocenters. The van der Waals surface area contributed by atoms with E-state index in [2.05, 4.69) is 5.32 Å². The SMILES string of the molecule is Cc1ccc(C(=O)Nc2cc(Cl)c(N)c(Cl)c2)cc1S(=O)(=O)N1CCCCC1. The number of rotatable bonds is 4. The van der Waals surface area contributed by atoms with E-state index in [4.69, 9.17) is 28.9 Å². The van der Waals surface area contributed by atoms with Crippen LogP contribution in [0.25, 0.3) is 0 Å². The Labute approximate surface area is 174 Å². The number of hydrogen-bond acceptors (Lipinski definition) is 4. The van der Waals surface area contributed by atoms with Gasteiger partial charge < -0.3 is 11.1 Å². The van der Waals surface area contributed by atoms with Crippen LogP contribution in [0, 0.1) is 6.92 Å². The molecule has 28 heavy (non-hydrogen) atoms. The fourth-order valence-corrected chi connectivity index (χ4v) is 5.38. The van der Waals surface area contributed by atoms with Crippen LogP contribution in [0.1, 0.15) is 35.2 Å². The van der Waals surface area contributed by atoms with Crippen molar-refractivity contribution in [3.8, 4) is 0 Å². The Bertz CT molecular complexity index is 996. The molecule has 0 saturated carbocycles. The van der Waals surface area contributed by atoms with Gasteiger partial charge >= 0.3 is 0 Å². The van der Waals surface area contributed by atoms with Crippen LogP contribution in [0.2, 0.25) is 10.0 Å². The summed E-state index contributed by atoms with van der Waals surface area (Å²) < 4.78 is 27.5. The van der Waals surface area contributed by atoms with Gasteiger partial charge in [-0.15, -0.1) is 0 Å². The molecule has 0 atom stereocenters. The molecular formula is C19H21Cl2N3O3S. The van der Waals surface area contributed by atoms with Crippen LogP contribution in [0.3, 0.4) is 0 Å².